The molecule has 1 N–H and O–H groups in total. The molecule has 0 spiro atoms. The number of benzene rings is 1. The summed E-state index contributed by atoms with van der Waals surface area (Å²) < 4.78 is 38.3. The van der Waals surface area contributed by atoms with E-state index in [9.17, 15) is 22.8 Å². The number of amides is 3. The molecule has 2 saturated carbocycles. The van der Waals surface area contributed by atoms with Crippen molar-refractivity contribution in [3.05, 3.63) is 48.3 Å². The summed E-state index contributed by atoms with van der Waals surface area (Å²) in [6, 6.07) is 6.74. The minimum atomic E-state index is -3.71. The first-order valence-electron chi connectivity index (χ1n) is 13.9. The Labute approximate surface area is 239 Å². The molecule has 220 valence electrons. The second kappa shape index (κ2) is 11.0. The van der Waals surface area contributed by atoms with E-state index in [0.29, 0.717) is 18.7 Å². The maximum absolute atomic E-state index is 13.9. The fraction of sp³-hybridized carbons (Fsp3) is 0.517. The second-order valence-corrected chi connectivity index (χ2v) is 13.9. The summed E-state index contributed by atoms with van der Waals surface area (Å²) >= 11 is 0. The highest BCUT2D eigenvalue weighted by Crippen LogP contribution is 2.34. The zero-order valence-corrected chi connectivity index (χ0v) is 24.5. The van der Waals surface area contributed by atoms with E-state index in [2.05, 4.69) is 4.98 Å². The second-order valence-electron chi connectivity index (χ2n) is 11.9. The number of carbonyl (C=O) groups excluding carboxylic acids is 3. The molecule has 1 aromatic heterocycles. The van der Waals surface area contributed by atoms with Crippen LogP contribution in [0.5, 0.6) is 5.88 Å². The van der Waals surface area contributed by atoms with E-state index in [1.165, 1.54) is 16.0 Å². The lowest BCUT2D eigenvalue weighted by molar-refractivity contribution is -0.133. The van der Waals surface area contributed by atoms with Crippen LogP contribution in [0.1, 0.15) is 58.4 Å². The summed E-state index contributed by atoms with van der Waals surface area (Å²) in [5.41, 5.74) is 0.214. The number of aryl methyl sites for hydroxylation is 1. The van der Waals surface area contributed by atoms with Gasteiger partial charge in [-0.1, -0.05) is 18.2 Å². The number of nitrogens with one attached hydrogen (secondary N) is 1. The molecule has 0 radical (unpaired) electrons. The van der Waals surface area contributed by atoms with Crippen molar-refractivity contribution in [2.24, 2.45) is 0 Å². The average Bonchev–Trinajstić information content (AvgIpc) is 3.80. The zero-order chi connectivity index (χ0) is 29.5. The van der Waals surface area contributed by atoms with Crippen LogP contribution >= 0.6 is 0 Å². The molecule has 3 aliphatic rings. The van der Waals surface area contributed by atoms with Gasteiger partial charge in [0, 0.05) is 36.3 Å². The van der Waals surface area contributed by atoms with Crippen LogP contribution < -0.4 is 9.46 Å². The summed E-state index contributed by atoms with van der Waals surface area (Å²) in [6.07, 6.45) is 5.57. The fourth-order valence-corrected chi connectivity index (χ4v) is 6.21. The first-order chi connectivity index (χ1) is 19.3. The highest BCUT2D eigenvalue weighted by atomic mass is 32.2. The lowest BCUT2D eigenvalue weighted by Crippen LogP contribution is -2.48. The average molecular weight is 585 g/mol. The van der Waals surface area contributed by atoms with Gasteiger partial charge in [0.15, 0.2) is 0 Å². The van der Waals surface area contributed by atoms with E-state index in [-0.39, 0.29) is 24.9 Å². The molecule has 1 saturated heterocycles. The molecule has 3 amide bonds. The van der Waals surface area contributed by atoms with Crippen LogP contribution in [0, 0.1) is 6.92 Å². The number of sulfonamides is 1. The Balaban J connectivity index is 1.37. The van der Waals surface area contributed by atoms with E-state index >= 15 is 0 Å². The summed E-state index contributed by atoms with van der Waals surface area (Å²) in [5, 5.41) is 1.29. The Morgan fingerprint density at radius 3 is 2.51 bits per heavy atom. The number of fused-ring (bicyclic) bond motifs is 1. The number of pyridine rings is 1. The number of hydrogen-bond acceptors (Lipinski definition) is 8. The first kappa shape index (κ1) is 28.8. The maximum Gasteiger partial charge on any atom is 0.411 e. The summed E-state index contributed by atoms with van der Waals surface area (Å²) in [6.45, 7) is 7.33. The third kappa shape index (κ3) is 6.80. The maximum atomic E-state index is 13.9. The molecule has 2 aromatic rings. The third-order valence-electron chi connectivity index (χ3n) is 7.21. The molecule has 11 nitrogen and oxygen atoms in total. The SMILES string of the molecule is Cc1cccc2ccnc(OC3CC(C(=O)N(C=CC(=O)NS(=O)(=O)C4CC4)C4CC4)N(C(=O)OC(C)(C)C)C3)c12. The molecule has 2 unspecified atom stereocenters. The van der Waals surface area contributed by atoms with Gasteiger partial charge in [-0.15, -0.1) is 0 Å². The molecular weight excluding hydrogens is 548 g/mol. The van der Waals surface area contributed by atoms with Gasteiger partial charge < -0.3 is 14.4 Å². The molecule has 12 heteroatoms. The predicted molar refractivity (Wildman–Crippen MR) is 151 cm³/mol. The van der Waals surface area contributed by atoms with Gasteiger partial charge in [0.25, 0.3) is 5.91 Å². The van der Waals surface area contributed by atoms with E-state index in [0.717, 1.165) is 35.3 Å². The van der Waals surface area contributed by atoms with Gasteiger partial charge in [-0.05, 0) is 70.4 Å². The normalized spacial score (nSPS) is 21.2. The highest BCUT2D eigenvalue weighted by Gasteiger charge is 2.46. The molecule has 3 fully saturated rings. The minimum Gasteiger partial charge on any atom is -0.472 e. The Morgan fingerprint density at radius 1 is 1.12 bits per heavy atom. The van der Waals surface area contributed by atoms with Crippen molar-refractivity contribution in [3.63, 3.8) is 0 Å². The molecule has 2 atom stereocenters. The number of rotatable bonds is 8. The van der Waals surface area contributed by atoms with Gasteiger partial charge in [-0.25, -0.2) is 22.9 Å². The van der Waals surface area contributed by atoms with Crippen molar-refractivity contribution in [3.8, 4) is 5.88 Å². The zero-order valence-electron chi connectivity index (χ0n) is 23.7. The summed E-state index contributed by atoms with van der Waals surface area (Å²) in [5.74, 6) is -0.777. The molecule has 1 aliphatic heterocycles. The van der Waals surface area contributed by atoms with Crippen molar-refractivity contribution in [2.45, 2.75) is 88.8 Å². The minimum absolute atomic E-state index is 0.109. The van der Waals surface area contributed by atoms with Crippen LogP contribution in [-0.2, 0) is 24.3 Å². The monoisotopic (exact) mass is 584 g/mol. The van der Waals surface area contributed by atoms with Crippen molar-refractivity contribution in [1.82, 2.24) is 19.5 Å². The smallest absolute Gasteiger partial charge is 0.411 e. The largest absolute Gasteiger partial charge is 0.472 e. The molecule has 2 aliphatic carbocycles. The van der Waals surface area contributed by atoms with Gasteiger partial charge in [-0.2, -0.15) is 0 Å². The molecular formula is C29H36N4O7S. The lowest BCUT2D eigenvalue weighted by Gasteiger charge is -2.30. The summed E-state index contributed by atoms with van der Waals surface area (Å²) in [7, 11) is -3.71. The molecule has 2 heterocycles. The fourth-order valence-electron chi connectivity index (χ4n) is 4.94. The Morgan fingerprint density at radius 2 is 1.85 bits per heavy atom. The molecule has 5 rings (SSSR count). The number of nitrogens with zero attached hydrogens (tertiary/aromatic N) is 3. The number of carbonyl (C=O) groups is 3. The molecule has 1 aromatic carbocycles. The highest BCUT2D eigenvalue weighted by molar-refractivity contribution is 7.91. The van der Waals surface area contributed by atoms with Crippen LogP contribution in [0.4, 0.5) is 4.79 Å². The molecule has 41 heavy (non-hydrogen) atoms. The van der Waals surface area contributed by atoms with Gasteiger partial charge in [0.1, 0.15) is 17.7 Å². The van der Waals surface area contributed by atoms with Crippen LogP contribution in [0.2, 0.25) is 0 Å². The van der Waals surface area contributed by atoms with Gasteiger partial charge in [0.2, 0.25) is 21.8 Å². The Kier molecular flexibility index (Phi) is 7.71. The van der Waals surface area contributed by atoms with Crippen LogP contribution in [-0.4, -0.2) is 76.7 Å². The van der Waals surface area contributed by atoms with Crippen molar-refractivity contribution >= 4 is 38.7 Å². The van der Waals surface area contributed by atoms with Crippen molar-refractivity contribution in [1.29, 1.82) is 0 Å². The van der Waals surface area contributed by atoms with Crippen LogP contribution in [0.25, 0.3) is 10.8 Å². The van der Waals surface area contributed by atoms with Crippen LogP contribution in [0.3, 0.4) is 0 Å². The number of ether oxygens (including phenoxy) is 2. The van der Waals surface area contributed by atoms with Crippen molar-refractivity contribution < 1.29 is 32.3 Å². The quantitative estimate of drug-likeness (QED) is 0.467. The van der Waals surface area contributed by atoms with Crippen molar-refractivity contribution in [2.75, 3.05) is 6.54 Å². The standard InChI is InChI=1S/C29H36N4O7S/c1-18-6-5-7-19-12-14-30-26(25(18)19)39-21-16-23(33(17-21)28(36)40-29(2,3)4)27(35)32(20-8-9-20)15-13-24(34)31-41(37,38)22-10-11-22/h5-7,12-15,20-23H,8-11,16-17H2,1-4H3,(H,31,34). The topological polar surface area (TPSA) is 135 Å². The molecule has 0 bridgehead atoms. The van der Waals surface area contributed by atoms with Crippen LogP contribution in [0.15, 0.2) is 42.7 Å². The lowest BCUT2D eigenvalue weighted by atomic mass is 10.1. The van der Waals surface area contributed by atoms with E-state index in [4.69, 9.17) is 9.47 Å². The van der Waals surface area contributed by atoms with Gasteiger partial charge in [-0.3, -0.25) is 14.5 Å². The van der Waals surface area contributed by atoms with Gasteiger partial charge >= 0.3 is 6.09 Å². The first-order valence-corrected chi connectivity index (χ1v) is 15.4. The predicted octanol–water partition coefficient (Wildman–Crippen LogP) is 3.41. The van der Waals surface area contributed by atoms with E-state index in [1.54, 1.807) is 27.0 Å². The van der Waals surface area contributed by atoms with Gasteiger partial charge in [0.05, 0.1) is 11.8 Å². The van der Waals surface area contributed by atoms with E-state index in [1.807, 2.05) is 35.9 Å². The Hall–Kier alpha value is -3.67. The summed E-state index contributed by atoms with van der Waals surface area (Å²) in [4.78, 5) is 46.8. The Bertz CT molecular complexity index is 1490. The number of likely N-dealkylation sites (tertiary alicyclic amines) is 1. The van der Waals surface area contributed by atoms with E-state index < -0.39 is 45.0 Å². The number of aromatic nitrogens is 1. The number of hydrogen-bond donors (Lipinski definition) is 1. The third-order valence-corrected chi connectivity index (χ3v) is 9.04.